The Morgan fingerprint density at radius 3 is 2.57 bits per heavy atom. The summed E-state index contributed by atoms with van der Waals surface area (Å²) >= 11 is 1.95. The molecule has 0 atom stereocenters. The van der Waals surface area contributed by atoms with Gasteiger partial charge < -0.3 is 5.32 Å². The molecule has 1 aromatic carbocycles. The van der Waals surface area contributed by atoms with Gasteiger partial charge in [-0.15, -0.1) is 23.7 Å². The third-order valence-electron chi connectivity index (χ3n) is 5.28. The molecule has 0 unspecified atom stereocenters. The van der Waals surface area contributed by atoms with Crippen molar-refractivity contribution in [1.29, 1.82) is 0 Å². The van der Waals surface area contributed by atoms with E-state index in [1.807, 2.05) is 11.3 Å². The average molecular weight is 349 g/mol. The zero-order valence-corrected chi connectivity index (χ0v) is 15.1. The minimum absolute atomic E-state index is 0. The van der Waals surface area contributed by atoms with Crippen LogP contribution in [0.2, 0.25) is 0 Å². The number of likely N-dealkylation sites (tertiary alicyclic amines) is 1. The second-order valence-electron chi connectivity index (χ2n) is 6.84. The lowest BCUT2D eigenvalue weighted by molar-refractivity contribution is 0.194. The Hall–Kier alpha value is -0.870. The van der Waals surface area contributed by atoms with Crippen LogP contribution in [0.4, 0.5) is 0 Å². The fraction of sp³-hybridized carbons (Fsp3) is 0.474. The molecule has 2 saturated heterocycles. The van der Waals surface area contributed by atoms with Gasteiger partial charge in [0, 0.05) is 22.8 Å². The van der Waals surface area contributed by atoms with Gasteiger partial charge in [0.15, 0.2) is 0 Å². The van der Waals surface area contributed by atoms with Crippen LogP contribution in [0.15, 0.2) is 42.5 Å². The topological polar surface area (TPSA) is 15.3 Å². The van der Waals surface area contributed by atoms with E-state index in [0.29, 0.717) is 5.41 Å². The largest absolute Gasteiger partial charge is 0.317 e. The highest BCUT2D eigenvalue weighted by molar-refractivity contribution is 7.15. The van der Waals surface area contributed by atoms with E-state index < -0.39 is 0 Å². The molecule has 2 nitrogen and oxygen atoms in total. The van der Waals surface area contributed by atoms with E-state index in [4.69, 9.17) is 0 Å². The molecule has 0 bridgehead atoms. The molecule has 2 aliphatic heterocycles. The van der Waals surface area contributed by atoms with Crippen LogP contribution in [0.3, 0.4) is 0 Å². The van der Waals surface area contributed by atoms with Crippen molar-refractivity contribution < 1.29 is 0 Å². The van der Waals surface area contributed by atoms with E-state index in [9.17, 15) is 0 Å². The van der Waals surface area contributed by atoms with Crippen molar-refractivity contribution in [2.45, 2.75) is 25.8 Å². The third kappa shape index (κ3) is 3.80. The second kappa shape index (κ2) is 7.35. The first-order valence-corrected chi connectivity index (χ1v) is 9.22. The first-order chi connectivity index (χ1) is 10.8. The summed E-state index contributed by atoms with van der Waals surface area (Å²) in [5.74, 6) is 0. The van der Waals surface area contributed by atoms with E-state index in [-0.39, 0.29) is 12.4 Å². The Labute approximate surface area is 149 Å². The number of hydrogen-bond donors (Lipinski definition) is 1. The van der Waals surface area contributed by atoms with Crippen LogP contribution < -0.4 is 5.32 Å². The molecule has 0 aliphatic carbocycles. The van der Waals surface area contributed by atoms with E-state index in [1.54, 1.807) is 0 Å². The smallest absolute Gasteiger partial charge is 0.0346 e. The van der Waals surface area contributed by atoms with Crippen molar-refractivity contribution in [2.24, 2.45) is 5.41 Å². The molecule has 1 aromatic heterocycles. The molecule has 0 amide bonds. The van der Waals surface area contributed by atoms with Gasteiger partial charge in [0.1, 0.15) is 0 Å². The highest BCUT2D eigenvalue weighted by Gasteiger charge is 2.38. The summed E-state index contributed by atoms with van der Waals surface area (Å²) in [4.78, 5) is 5.57. The number of piperidine rings is 1. The third-order valence-corrected chi connectivity index (χ3v) is 6.40. The highest BCUT2D eigenvalue weighted by Crippen LogP contribution is 2.39. The average Bonchev–Trinajstić information content (AvgIpc) is 3.17. The van der Waals surface area contributed by atoms with Crippen molar-refractivity contribution in [3.8, 4) is 10.4 Å². The minimum Gasteiger partial charge on any atom is -0.317 e. The number of hydrogen-bond acceptors (Lipinski definition) is 3. The van der Waals surface area contributed by atoms with Gasteiger partial charge >= 0.3 is 0 Å². The Bertz CT molecular complexity index is 619. The molecule has 1 spiro atoms. The van der Waals surface area contributed by atoms with Crippen LogP contribution in [0.25, 0.3) is 10.4 Å². The Morgan fingerprint density at radius 2 is 1.78 bits per heavy atom. The Morgan fingerprint density at radius 1 is 1.00 bits per heavy atom. The maximum Gasteiger partial charge on any atom is 0.0346 e. The summed E-state index contributed by atoms with van der Waals surface area (Å²) < 4.78 is 0. The molecule has 2 aliphatic rings. The molecule has 4 heteroatoms. The summed E-state index contributed by atoms with van der Waals surface area (Å²) in [7, 11) is 0. The second-order valence-corrected chi connectivity index (χ2v) is 8.01. The molecule has 2 aromatic rings. The first-order valence-electron chi connectivity index (χ1n) is 8.40. The van der Waals surface area contributed by atoms with Gasteiger partial charge in [-0.1, -0.05) is 30.3 Å². The lowest BCUT2D eigenvalue weighted by Gasteiger charge is -2.33. The van der Waals surface area contributed by atoms with Gasteiger partial charge in [-0.25, -0.2) is 0 Å². The summed E-state index contributed by atoms with van der Waals surface area (Å²) in [5, 5.41) is 3.51. The van der Waals surface area contributed by atoms with Crippen molar-refractivity contribution in [1.82, 2.24) is 10.2 Å². The van der Waals surface area contributed by atoms with Gasteiger partial charge in [0.2, 0.25) is 0 Å². The minimum atomic E-state index is 0. The monoisotopic (exact) mass is 348 g/mol. The molecule has 4 rings (SSSR count). The highest BCUT2D eigenvalue weighted by atomic mass is 35.5. The Balaban J connectivity index is 0.00000156. The summed E-state index contributed by atoms with van der Waals surface area (Å²) in [6.07, 6.45) is 4.12. The van der Waals surface area contributed by atoms with E-state index in [2.05, 4.69) is 52.7 Å². The van der Waals surface area contributed by atoms with Gasteiger partial charge in [0.25, 0.3) is 0 Å². The van der Waals surface area contributed by atoms with Crippen LogP contribution in [-0.2, 0) is 6.54 Å². The number of nitrogens with zero attached hydrogens (tertiary/aromatic N) is 1. The number of benzene rings is 1. The quantitative estimate of drug-likeness (QED) is 0.883. The predicted molar refractivity (Wildman–Crippen MR) is 101 cm³/mol. The van der Waals surface area contributed by atoms with Crippen molar-refractivity contribution in [3.63, 3.8) is 0 Å². The maximum atomic E-state index is 3.51. The van der Waals surface area contributed by atoms with E-state index in [0.717, 1.165) is 6.54 Å². The van der Waals surface area contributed by atoms with Crippen LogP contribution in [0, 0.1) is 5.41 Å². The van der Waals surface area contributed by atoms with Crippen molar-refractivity contribution >= 4 is 23.7 Å². The Kier molecular flexibility index (Phi) is 5.42. The molecular formula is C19H25ClN2S. The molecule has 23 heavy (non-hydrogen) atoms. The van der Waals surface area contributed by atoms with E-state index in [1.165, 1.54) is 60.8 Å². The van der Waals surface area contributed by atoms with Crippen molar-refractivity contribution in [3.05, 3.63) is 47.3 Å². The predicted octanol–water partition coefficient (Wildman–Crippen LogP) is 4.41. The summed E-state index contributed by atoms with van der Waals surface area (Å²) in [6.45, 7) is 6.13. The van der Waals surface area contributed by atoms with Crippen LogP contribution in [0.5, 0.6) is 0 Å². The van der Waals surface area contributed by atoms with Gasteiger partial charge in [-0.3, -0.25) is 4.90 Å². The fourth-order valence-corrected chi connectivity index (χ4v) is 5.02. The zero-order valence-electron chi connectivity index (χ0n) is 13.5. The summed E-state index contributed by atoms with van der Waals surface area (Å²) in [6, 6.07) is 15.3. The maximum absolute atomic E-state index is 3.51. The normalized spacial score (nSPS) is 20.5. The lowest BCUT2D eigenvalue weighted by Crippen LogP contribution is -2.38. The van der Waals surface area contributed by atoms with Gasteiger partial charge in [0.05, 0.1) is 0 Å². The SMILES string of the molecule is Cl.c1ccc(-c2ccc(CN3CCC4(CCNCC4)C3)s2)cc1. The number of nitrogens with one attached hydrogen (secondary N) is 1. The molecule has 0 saturated carbocycles. The van der Waals surface area contributed by atoms with E-state index >= 15 is 0 Å². The lowest BCUT2D eigenvalue weighted by atomic mass is 9.78. The van der Waals surface area contributed by atoms with Crippen molar-refractivity contribution in [2.75, 3.05) is 26.2 Å². The van der Waals surface area contributed by atoms with Gasteiger partial charge in [-0.05, 0) is 62.0 Å². The van der Waals surface area contributed by atoms with Crippen LogP contribution in [-0.4, -0.2) is 31.1 Å². The molecule has 124 valence electrons. The fourth-order valence-electron chi connectivity index (χ4n) is 3.97. The summed E-state index contributed by atoms with van der Waals surface area (Å²) in [5.41, 5.74) is 1.96. The zero-order chi connectivity index (χ0) is 14.8. The molecule has 2 fully saturated rings. The number of thiophene rings is 1. The van der Waals surface area contributed by atoms with Crippen LogP contribution >= 0.6 is 23.7 Å². The number of rotatable bonds is 3. The molecule has 3 heterocycles. The molecule has 0 radical (unpaired) electrons. The number of halogens is 1. The standard InChI is InChI=1S/C19H24N2S.ClH/c1-2-4-16(5-3-1)18-7-6-17(22-18)14-21-13-10-19(15-21)8-11-20-12-9-19;/h1-7,20H,8-15H2;1H. The van der Waals surface area contributed by atoms with Crippen LogP contribution in [0.1, 0.15) is 24.1 Å². The first kappa shape index (κ1) is 17.0. The molecular weight excluding hydrogens is 324 g/mol. The molecule has 1 N–H and O–H groups in total. The van der Waals surface area contributed by atoms with Gasteiger partial charge in [-0.2, -0.15) is 0 Å².